The van der Waals surface area contributed by atoms with E-state index < -0.39 is 15.8 Å². The van der Waals surface area contributed by atoms with Crippen LogP contribution < -0.4 is 10.5 Å². The van der Waals surface area contributed by atoms with Crippen LogP contribution in [-0.4, -0.2) is 28.2 Å². The van der Waals surface area contributed by atoms with Crippen molar-refractivity contribution < 1.29 is 17.5 Å². The minimum absolute atomic E-state index is 0.0211. The molecule has 106 valence electrons. The molecule has 1 aromatic rings. The van der Waals surface area contributed by atoms with Crippen LogP contribution in [-0.2, 0) is 14.8 Å². The number of hydrogen-bond acceptors (Lipinski definition) is 4. The zero-order valence-corrected chi connectivity index (χ0v) is 11.2. The van der Waals surface area contributed by atoms with Gasteiger partial charge in [-0.15, -0.1) is 0 Å². The lowest BCUT2D eigenvalue weighted by molar-refractivity contribution is 0.129. The third kappa shape index (κ3) is 4.15. The monoisotopic (exact) mass is 288 g/mol. The third-order valence-corrected chi connectivity index (χ3v) is 4.37. The molecule has 0 spiro atoms. The number of benzene rings is 1. The van der Waals surface area contributed by atoms with Gasteiger partial charge in [-0.2, -0.15) is 0 Å². The van der Waals surface area contributed by atoms with Gasteiger partial charge in [-0.3, -0.25) is 0 Å². The van der Waals surface area contributed by atoms with E-state index in [0.29, 0.717) is 19.1 Å². The Bertz CT molecular complexity index is 544. The van der Waals surface area contributed by atoms with Crippen molar-refractivity contribution in [3.63, 3.8) is 0 Å². The lowest BCUT2D eigenvalue weighted by atomic mass is 10.3. The largest absolute Gasteiger partial charge is 0.398 e. The van der Waals surface area contributed by atoms with Gasteiger partial charge in [0, 0.05) is 13.2 Å². The summed E-state index contributed by atoms with van der Waals surface area (Å²) in [4.78, 5) is -0.241. The number of ether oxygens (including phenoxy) is 1. The molecule has 1 saturated carbocycles. The van der Waals surface area contributed by atoms with Crippen LogP contribution in [0.3, 0.4) is 0 Å². The molecule has 0 bridgehead atoms. The summed E-state index contributed by atoms with van der Waals surface area (Å²) >= 11 is 0. The molecule has 0 heterocycles. The Morgan fingerprint density at radius 1 is 1.42 bits per heavy atom. The van der Waals surface area contributed by atoms with Gasteiger partial charge in [0.25, 0.3) is 0 Å². The first-order valence-corrected chi connectivity index (χ1v) is 7.60. The van der Waals surface area contributed by atoms with Crippen LogP contribution in [0.25, 0.3) is 0 Å². The van der Waals surface area contributed by atoms with Crippen molar-refractivity contribution in [1.82, 2.24) is 4.72 Å². The van der Waals surface area contributed by atoms with Crippen LogP contribution in [0.4, 0.5) is 10.1 Å². The Morgan fingerprint density at radius 2 is 2.16 bits per heavy atom. The molecule has 0 aromatic heterocycles. The minimum Gasteiger partial charge on any atom is -0.398 e. The van der Waals surface area contributed by atoms with Gasteiger partial charge in [-0.05, 0) is 37.0 Å². The van der Waals surface area contributed by atoms with Crippen LogP contribution in [0.5, 0.6) is 0 Å². The summed E-state index contributed by atoms with van der Waals surface area (Å²) in [5.74, 6) is -0.00460. The van der Waals surface area contributed by atoms with Gasteiger partial charge in [0.15, 0.2) is 0 Å². The standard InChI is InChI=1S/C12H17FN2O3S/c13-10-3-4-11(14)12(7-10)19(16,17)15-5-6-18-8-9-1-2-9/h3-4,7,9,15H,1-2,5-6,8,14H2. The molecule has 0 atom stereocenters. The Labute approximate surface area is 112 Å². The van der Waals surface area contributed by atoms with Crippen molar-refractivity contribution >= 4 is 15.7 Å². The molecule has 2 rings (SSSR count). The normalized spacial score (nSPS) is 15.6. The predicted octanol–water partition coefficient (Wildman–Crippen LogP) is 1.11. The molecule has 0 radical (unpaired) electrons. The number of anilines is 1. The van der Waals surface area contributed by atoms with Crippen molar-refractivity contribution in [2.24, 2.45) is 5.92 Å². The first-order valence-electron chi connectivity index (χ1n) is 6.11. The molecular formula is C12H17FN2O3S. The molecule has 0 unspecified atom stereocenters. The predicted molar refractivity (Wildman–Crippen MR) is 69.5 cm³/mol. The van der Waals surface area contributed by atoms with Gasteiger partial charge >= 0.3 is 0 Å². The third-order valence-electron chi connectivity index (χ3n) is 2.85. The SMILES string of the molecule is Nc1ccc(F)cc1S(=O)(=O)NCCOCC1CC1. The molecule has 1 fully saturated rings. The maximum Gasteiger partial charge on any atom is 0.242 e. The molecule has 0 saturated heterocycles. The number of hydrogen-bond donors (Lipinski definition) is 2. The fourth-order valence-electron chi connectivity index (χ4n) is 1.60. The fourth-order valence-corrected chi connectivity index (χ4v) is 2.76. The molecule has 7 heteroatoms. The molecule has 0 amide bonds. The first-order chi connectivity index (χ1) is 8.99. The van der Waals surface area contributed by atoms with Crippen molar-refractivity contribution in [2.45, 2.75) is 17.7 Å². The van der Waals surface area contributed by atoms with E-state index in [2.05, 4.69) is 4.72 Å². The van der Waals surface area contributed by atoms with E-state index in [0.717, 1.165) is 12.1 Å². The van der Waals surface area contributed by atoms with Gasteiger partial charge in [-0.1, -0.05) is 0 Å². The highest BCUT2D eigenvalue weighted by atomic mass is 32.2. The summed E-state index contributed by atoms with van der Waals surface area (Å²) in [6, 6.07) is 3.25. The lowest BCUT2D eigenvalue weighted by Crippen LogP contribution is -2.28. The number of halogens is 1. The van der Waals surface area contributed by atoms with Crippen LogP contribution in [0.2, 0.25) is 0 Å². The Morgan fingerprint density at radius 3 is 2.84 bits per heavy atom. The summed E-state index contributed by atoms with van der Waals surface area (Å²) in [6.45, 7) is 1.11. The lowest BCUT2D eigenvalue weighted by Gasteiger charge is -2.09. The number of nitrogen functional groups attached to an aromatic ring is 1. The zero-order valence-electron chi connectivity index (χ0n) is 10.4. The molecule has 1 aliphatic rings. The number of nitrogens with two attached hydrogens (primary N) is 1. The van der Waals surface area contributed by atoms with Crippen molar-refractivity contribution in [3.05, 3.63) is 24.0 Å². The maximum absolute atomic E-state index is 13.0. The number of rotatable bonds is 7. The smallest absolute Gasteiger partial charge is 0.242 e. The summed E-state index contributed by atoms with van der Waals surface area (Å²) < 4.78 is 44.5. The average Bonchev–Trinajstić information content (AvgIpc) is 3.15. The second-order valence-corrected chi connectivity index (χ2v) is 6.33. The summed E-state index contributed by atoms with van der Waals surface area (Å²) in [6.07, 6.45) is 2.37. The number of nitrogens with one attached hydrogen (secondary N) is 1. The molecular weight excluding hydrogens is 271 g/mol. The Kier molecular flexibility index (Phi) is 4.38. The highest BCUT2D eigenvalue weighted by Crippen LogP contribution is 2.28. The highest BCUT2D eigenvalue weighted by Gasteiger charge is 2.21. The molecule has 0 aliphatic heterocycles. The van der Waals surface area contributed by atoms with Gasteiger partial charge in [-0.25, -0.2) is 17.5 Å². The highest BCUT2D eigenvalue weighted by molar-refractivity contribution is 7.89. The summed E-state index contributed by atoms with van der Waals surface area (Å²) in [5, 5.41) is 0. The van der Waals surface area contributed by atoms with E-state index >= 15 is 0 Å². The van der Waals surface area contributed by atoms with Gasteiger partial charge in [0.1, 0.15) is 10.7 Å². The second kappa shape index (κ2) is 5.85. The van der Waals surface area contributed by atoms with Gasteiger partial charge < -0.3 is 10.5 Å². The van der Waals surface area contributed by atoms with Crippen LogP contribution in [0.1, 0.15) is 12.8 Å². The van der Waals surface area contributed by atoms with E-state index in [1.165, 1.54) is 18.9 Å². The topological polar surface area (TPSA) is 81.4 Å². The van der Waals surface area contributed by atoms with Crippen LogP contribution in [0, 0.1) is 11.7 Å². The van der Waals surface area contributed by atoms with Crippen molar-refractivity contribution in [2.75, 3.05) is 25.5 Å². The Hall–Kier alpha value is -1.18. The van der Waals surface area contributed by atoms with E-state index in [9.17, 15) is 12.8 Å². The van der Waals surface area contributed by atoms with E-state index in [4.69, 9.17) is 10.5 Å². The maximum atomic E-state index is 13.0. The second-order valence-electron chi connectivity index (χ2n) is 4.60. The van der Waals surface area contributed by atoms with Crippen molar-refractivity contribution in [3.8, 4) is 0 Å². The van der Waals surface area contributed by atoms with Crippen molar-refractivity contribution in [1.29, 1.82) is 0 Å². The number of sulfonamides is 1. The fraction of sp³-hybridized carbons (Fsp3) is 0.500. The molecule has 5 nitrogen and oxygen atoms in total. The molecule has 3 N–H and O–H groups in total. The van der Waals surface area contributed by atoms with Gasteiger partial charge in [0.2, 0.25) is 10.0 Å². The Balaban J connectivity index is 1.87. The van der Waals surface area contributed by atoms with E-state index in [1.54, 1.807) is 0 Å². The van der Waals surface area contributed by atoms with E-state index in [1.807, 2.05) is 0 Å². The molecule has 1 aliphatic carbocycles. The quantitative estimate of drug-likeness (QED) is 0.582. The summed E-state index contributed by atoms with van der Waals surface area (Å²) in [5.41, 5.74) is 5.56. The molecule has 1 aromatic carbocycles. The average molecular weight is 288 g/mol. The van der Waals surface area contributed by atoms with E-state index in [-0.39, 0.29) is 17.1 Å². The first kappa shape index (κ1) is 14.2. The van der Waals surface area contributed by atoms with Gasteiger partial charge in [0.05, 0.1) is 12.3 Å². The zero-order chi connectivity index (χ0) is 13.9. The van der Waals surface area contributed by atoms with Crippen LogP contribution >= 0.6 is 0 Å². The minimum atomic E-state index is -3.79. The van der Waals surface area contributed by atoms with Crippen LogP contribution in [0.15, 0.2) is 23.1 Å². The molecule has 19 heavy (non-hydrogen) atoms. The summed E-state index contributed by atoms with van der Waals surface area (Å²) in [7, 11) is -3.79.